The highest BCUT2D eigenvalue weighted by atomic mass is 127. The van der Waals surface area contributed by atoms with E-state index in [4.69, 9.17) is 0 Å². The Hall–Kier alpha value is -1.37. The van der Waals surface area contributed by atoms with E-state index in [0.717, 1.165) is 29.1 Å². The van der Waals surface area contributed by atoms with E-state index in [1.54, 1.807) is 0 Å². The van der Waals surface area contributed by atoms with E-state index in [1.165, 1.54) is 3.57 Å². The number of carbonyl (C=O) groups excluding carboxylic acids is 1. The maximum atomic E-state index is 12.2. The zero-order chi connectivity index (χ0) is 14.3. The number of nitrogens with zero attached hydrogens (tertiary/aromatic N) is 3. The van der Waals surface area contributed by atoms with Gasteiger partial charge in [0.2, 0.25) is 5.91 Å². The van der Waals surface area contributed by atoms with Gasteiger partial charge in [0.25, 0.3) is 0 Å². The van der Waals surface area contributed by atoms with Gasteiger partial charge < -0.3 is 4.90 Å². The van der Waals surface area contributed by atoms with E-state index < -0.39 is 0 Å². The topological polar surface area (TPSA) is 38.1 Å². The number of anilines is 1. The summed E-state index contributed by atoms with van der Waals surface area (Å²) < 4.78 is 3.04. The third kappa shape index (κ3) is 2.34. The summed E-state index contributed by atoms with van der Waals surface area (Å²) in [6.45, 7) is 2.68. The van der Waals surface area contributed by atoms with Crippen molar-refractivity contribution in [3.63, 3.8) is 0 Å². The van der Waals surface area contributed by atoms with E-state index in [-0.39, 0.29) is 5.91 Å². The molecule has 3 rings (SSSR count). The van der Waals surface area contributed by atoms with Crippen LogP contribution in [0.15, 0.2) is 24.3 Å². The van der Waals surface area contributed by atoms with Crippen molar-refractivity contribution in [1.29, 1.82) is 0 Å². The normalized spacial score (nSPS) is 13.9. The Morgan fingerprint density at radius 1 is 1.35 bits per heavy atom. The Labute approximate surface area is 131 Å². The molecule has 20 heavy (non-hydrogen) atoms. The van der Waals surface area contributed by atoms with Crippen molar-refractivity contribution >= 4 is 34.2 Å². The molecule has 0 radical (unpaired) electrons. The predicted octanol–water partition coefficient (Wildman–Crippen LogP) is 2.68. The summed E-state index contributed by atoms with van der Waals surface area (Å²) in [7, 11) is 1.93. The Balaban J connectivity index is 1.91. The molecule has 0 aliphatic carbocycles. The Kier molecular flexibility index (Phi) is 3.54. The van der Waals surface area contributed by atoms with Crippen LogP contribution < -0.4 is 4.90 Å². The molecular formula is C15H16IN3O. The first-order valence-corrected chi connectivity index (χ1v) is 7.77. The minimum atomic E-state index is 0.168. The molecule has 0 fully saturated rings. The molecule has 5 heteroatoms. The number of hydrogen-bond acceptors (Lipinski definition) is 2. The molecular weight excluding hydrogens is 365 g/mol. The van der Waals surface area contributed by atoms with Crippen molar-refractivity contribution in [3.05, 3.63) is 44.8 Å². The summed E-state index contributed by atoms with van der Waals surface area (Å²) in [5.74, 6) is 0.168. The molecule has 0 saturated heterocycles. The van der Waals surface area contributed by atoms with Crippen molar-refractivity contribution in [3.8, 4) is 0 Å². The molecule has 0 atom stereocenters. The zero-order valence-corrected chi connectivity index (χ0v) is 13.7. The first-order valence-electron chi connectivity index (χ1n) is 6.69. The third-order valence-corrected chi connectivity index (χ3v) is 4.36. The number of aryl methyl sites for hydroxylation is 2. The third-order valence-electron chi connectivity index (χ3n) is 3.68. The van der Waals surface area contributed by atoms with Gasteiger partial charge in [-0.2, -0.15) is 5.10 Å². The van der Waals surface area contributed by atoms with Gasteiger partial charge in [0.05, 0.1) is 24.4 Å². The summed E-state index contributed by atoms with van der Waals surface area (Å²) in [6.07, 6.45) is 1.42. The number of aromatic nitrogens is 2. The number of halogens is 1. The number of rotatable bonds is 3. The van der Waals surface area contributed by atoms with Gasteiger partial charge in [-0.05, 0) is 58.8 Å². The summed E-state index contributed by atoms with van der Waals surface area (Å²) in [5.41, 5.74) is 4.30. The Morgan fingerprint density at radius 3 is 2.85 bits per heavy atom. The van der Waals surface area contributed by atoms with Gasteiger partial charge >= 0.3 is 0 Å². The first-order chi connectivity index (χ1) is 9.58. The van der Waals surface area contributed by atoms with Gasteiger partial charge in [0, 0.05) is 16.3 Å². The van der Waals surface area contributed by atoms with Gasteiger partial charge in [0.1, 0.15) is 0 Å². The van der Waals surface area contributed by atoms with Crippen LogP contribution in [0.3, 0.4) is 0 Å². The second-order valence-corrected chi connectivity index (χ2v) is 6.28. The summed E-state index contributed by atoms with van der Waals surface area (Å²) in [4.78, 5) is 14.1. The van der Waals surface area contributed by atoms with Crippen LogP contribution in [0.25, 0.3) is 0 Å². The fraction of sp³-hybridized carbons (Fsp3) is 0.333. The SMILES string of the molecule is CCc1cc(CN2C(=O)Cc3cc(I)ccc32)n(C)n1. The van der Waals surface area contributed by atoms with Crippen LogP contribution in [-0.4, -0.2) is 15.7 Å². The number of carbonyl (C=O) groups is 1. The number of amides is 1. The molecule has 0 saturated carbocycles. The highest BCUT2D eigenvalue weighted by Gasteiger charge is 2.28. The zero-order valence-electron chi connectivity index (χ0n) is 11.6. The van der Waals surface area contributed by atoms with Crippen LogP contribution in [-0.2, 0) is 31.2 Å². The molecule has 104 valence electrons. The molecule has 4 nitrogen and oxygen atoms in total. The van der Waals surface area contributed by atoms with Gasteiger partial charge in [-0.25, -0.2) is 0 Å². The molecule has 0 bridgehead atoms. The fourth-order valence-electron chi connectivity index (χ4n) is 2.58. The molecule has 2 heterocycles. The van der Waals surface area contributed by atoms with E-state index in [9.17, 15) is 4.79 Å². The average molecular weight is 381 g/mol. The molecule has 0 spiro atoms. The van der Waals surface area contributed by atoms with E-state index >= 15 is 0 Å². The monoisotopic (exact) mass is 381 g/mol. The van der Waals surface area contributed by atoms with E-state index in [1.807, 2.05) is 28.8 Å². The maximum absolute atomic E-state index is 12.2. The molecule has 1 aliphatic rings. The lowest BCUT2D eigenvalue weighted by Crippen LogP contribution is -2.27. The van der Waals surface area contributed by atoms with E-state index in [2.05, 4.69) is 46.7 Å². The summed E-state index contributed by atoms with van der Waals surface area (Å²) >= 11 is 2.28. The van der Waals surface area contributed by atoms with E-state index in [0.29, 0.717) is 13.0 Å². The van der Waals surface area contributed by atoms with Crippen LogP contribution >= 0.6 is 22.6 Å². The number of fused-ring (bicyclic) bond motifs is 1. The summed E-state index contributed by atoms with van der Waals surface area (Å²) in [6, 6.07) is 8.26. The number of hydrogen-bond donors (Lipinski definition) is 0. The van der Waals surface area contributed by atoms with Crippen molar-refractivity contribution in [2.75, 3.05) is 4.90 Å². The lowest BCUT2D eigenvalue weighted by atomic mass is 10.2. The van der Waals surface area contributed by atoms with Crippen LogP contribution in [0.1, 0.15) is 23.9 Å². The van der Waals surface area contributed by atoms with Gasteiger partial charge in [-0.1, -0.05) is 6.92 Å². The average Bonchev–Trinajstić information content (AvgIpc) is 2.91. The minimum absolute atomic E-state index is 0.168. The Bertz CT molecular complexity index is 678. The van der Waals surface area contributed by atoms with Crippen molar-refractivity contribution < 1.29 is 4.79 Å². The van der Waals surface area contributed by atoms with Crippen LogP contribution in [0.5, 0.6) is 0 Å². The molecule has 1 aromatic carbocycles. The quantitative estimate of drug-likeness (QED) is 0.767. The standard InChI is InChI=1S/C15H16IN3O/c1-3-12-8-13(18(2)17-12)9-19-14-5-4-11(16)6-10(14)7-15(19)20/h4-6,8H,3,7,9H2,1-2H3. The van der Waals surface area contributed by atoms with Crippen LogP contribution in [0.4, 0.5) is 5.69 Å². The second-order valence-electron chi connectivity index (χ2n) is 5.03. The highest BCUT2D eigenvalue weighted by Crippen LogP contribution is 2.31. The van der Waals surface area contributed by atoms with Gasteiger partial charge in [0.15, 0.2) is 0 Å². The molecule has 0 N–H and O–H groups in total. The molecule has 1 amide bonds. The summed E-state index contributed by atoms with van der Waals surface area (Å²) in [5, 5.41) is 4.44. The molecule has 1 aliphatic heterocycles. The second kappa shape index (κ2) is 5.20. The smallest absolute Gasteiger partial charge is 0.231 e. The lowest BCUT2D eigenvalue weighted by molar-refractivity contribution is -0.117. The Morgan fingerprint density at radius 2 is 2.15 bits per heavy atom. The van der Waals surface area contributed by atoms with Crippen LogP contribution in [0.2, 0.25) is 0 Å². The number of benzene rings is 1. The molecule has 2 aromatic rings. The van der Waals surface area contributed by atoms with Crippen molar-refractivity contribution in [2.24, 2.45) is 7.05 Å². The van der Waals surface area contributed by atoms with Crippen molar-refractivity contribution in [2.45, 2.75) is 26.3 Å². The largest absolute Gasteiger partial charge is 0.306 e. The first kappa shape index (κ1) is 13.6. The minimum Gasteiger partial charge on any atom is -0.306 e. The fourth-order valence-corrected chi connectivity index (χ4v) is 3.13. The lowest BCUT2D eigenvalue weighted by Gasteiger charge is -2.17. The van der Waals surface area contributed by atoms with Crippen LogP contribution in [0, 0.1) is 3.57 Å². The van der Waals surface area contributed by atoms with Crippen molar-refractivity contribution in [1.82, 2.24) is 9.78 Å². The molecule has 1 aromatic heterocycles. The van der Waals surface area contributed by atoms with Gasteiger partial charge in [-0.15, -0.1) is 0 Å². The highest BCUT2D eigenvalue weighted by molar-refractivity contribution is 14.1. The maximum Gasteiger partial charge on any atom is 0.231 e. The predicted molar refractivity (Wildman–Crippen MR) is 86.6 cm³/mol. The van der Waals surface area contributed by atoms with Gasteiger partial charge in [-0.3, -0.25) is 9.48 Å². The molecule has 0 unspecified atom stereocenters.